The number of benzene rings is 1. The molecule has 3 aliphatic heterocycles. The Balaban J connectivity index is 1.36. The van der Waals surface area contributed by atoms with Crippen LogP contribution in [0.5, 0.6) is 0 Å². The highest BCUT2D eigenvalue weighted by Gasteiger charge is 2.34. The van der Waals surface area contributed by atoms with Gasteiger partial charge in [0.05, 0.1) is 22.5 Å². The Kier molecular flexibility index (Phi) is 6.68. The first-order valence-electron chi connectivity index (χ1n) is 10.7. The molecule has 3 aliphatic rings. The molecule has 1 aromatic rings. The molecule has 3 fully saturated rings. The van der Waals surface area contributed by atoms with E-state index in [2.05, 4.69) is 9.62 Å². The van der Waals surface area contributed by atoms with Crippen molar-refractivity contribution in [3.63, 3.8) is 0 Å². The number of hydrogen-bond donors (Lipinski definition) is 1. The van der Waals surface area contributed by atoms with E-state index in [0.29, 0.717) is 44.8 Å². The van der Waals surface area contributed by atoms with E-state index in [1.165, 1.54) is 12.1 Å². The smallest absolute Gasteiger partial charge is 0.253 e. The lowest BCUT2D eigenvalue weighted by molar-refractivity contribution is 0.0587. The van der Waals surface area contributed by atoms with Gasteiger partial charge in [0.1, 0.15) is 0 Å². The second-order valence-electron chi connectivity index (χ2n) is 8.40. The molecule has 4 rings (SSSR count). The van der Waals surface area contributed by atoms with Crippen LogP contribution < -0.4 is 4.72 Å². The second kappa shape index (κ2) is 9.14. The maximum absolute atomic E-state index is 13.0. The summed E-state index contributed by atoms with van der Waals surface area (Å²) in [6, 6.07) is 6.12. The summed E-state index contributed by atoms with van der Waals surface area (Å²) in [5.41, 5.74) is 0.330. The Hall–Kier alpha value is -1.53. The summed E-state index contributed by atoms with van der Waals surface area (Å²) in [6.45, 7) is 3.09. The molecule has 0 saturated carbocycles. The molecule has 9 nitrogen and oxygen atoms in total. The first kappa shape index (κ1) is 22.7. The Morgan fingerprint density at radius 2 is 1.94 bits per heavy atom. The summed E-state index contributed by atoms with van der Waals surface area (Å²) in [5.74, 6) is 0.216. The number of hydrogen-bond acceptors (Lipinski definition) is 7. The quantitative estimate of drug-likeness (QED) is 0.626. The minimum absolute atomic E-state index is 0.0330. The highest BCUT2D eigenvalue weighted by atomic mass is 32.2. The molecule has 2 atom stereocenters. The monoisotopic (exact) mass is 471 g/mol. The van der Waals surface area contributed by atoms with Crippen LogP contribution >= 0.6 is 0 Å². The summed E-state index contributed by atoms with van der Waals surface area (Å²) in [7, 11) is -6.67. The summed E-state index contributed by atoms with van der Waals surface area (Å²) in [4.78, 5) is 16.9. The lowest BCUT2D eigenvalue weighted by atomic mass is 10.1. The van der Waals surface area contributed by atoms with Gasteiger partial charge in [-0.2, -0.15) is 0 Å². The number of nitrogens with zero attached hydrogens (tertiary/aromatic N) is 2. The zero-order chi connectivity index (χ0) is 22.1. The van der Waals surface area contributed by atoms with Gasteiger partial charge >= 0.3 is 0 Å². The highest BCUT2D eigenvalue weighted by Crippen LogP contribution is 2.21. The molecule has 0 aliphatic carbocycles. The normalized spacial score (nSPS) is 26.9. The zero-order valence-corrected chi connectivity index (χ0v) is 19.0. The molecular weight excluding hydrogens is 442 g/mol. The van der Waals surface area contributed by atoms with Crippen molar-refractivity contribution in [1.29, 1.82) is 0 Å². The van der Waals surface area contributed by atoms with Crippen LogP contribution in [-0.2, 0) is 24.6 Å². The molecule has 1 aromatic carbocycles. The van der Waals surface area contributed by atoms with Crippen LogP contribution in [-0.4, -0.2) is 95.5 Å². The fourth-order valence-electron chi connectivity index (χ4n) is 4.42. The van der Waals surface area contributed by atoms with Crippen LogP contribution in [0.3, 0.4) is 0 Å². The van der Waals surface area contributed by atoms with Gasteiger partial charge in [0, 0.05) is 50.9 Å². The van der Waals surface area contributed by atoms with E-state index in [4.69, 9.17) is 4.74 Å². The van der Waals surface area contributed by atoms with E-state index in [1.807, 2.05) is 0 Å². The van der Waals surface area contributed by atoms with Crippen molar-refractivity contribution < 1.29 is 26.4 Å². The van der Waals surface area contributed by atoms with Crippen molar-refractivity contribution in [2.24, 2.45) is 0 Å². The third-order valence-corrected chi connectivity index (χ3v) is 9.41. The molecule has 3 saturated heterocycles. The fourth-order valence-corrected chi connectivity index (χ4v) is 7.30. The van der Waals surface area contributed by atoms with E-state index in [0.717, 1.165) is 12.8 Å². The van der Waals surface area contributed by atoms with Crippen molar-refractivity contribution in [2.75, 3.05) is 50.8 Å². The summed E-state index contributed by atoms with van der Waals surface area (Å²) >= 11 is 0. The van der Waals surface area contributed by atoms with E-state index in [-0.39, 0.29) is 41.0 Å². The SMILES string of the molecule is O=C(c1cccc(S(=O)(=O)NC[C@H]2CCCO2)c1)N1CCN([C@H]2CCS(=O)(=O)C2)CC1. The number of carbonyl (C=O) groups excluding carboxylic acids is 1. The predicted octanol–water partition coefficient (Wildman–Crippen LogP) is 0.0888. The topological polar surface area (TPSA) is 113 Å². The number of piperazine rings is 1. The number of nitrogens with one attached hydrogen (secondary N) is 1. The van der Waals surface area contributed by atoms with Gasteiger partial charge < -0.3 is 9.64 Å². The first-order chi connectivity index (χ1) is 14.7. The molecule has 1 amide bonds. The number of amides is 1. The van der Waals surface area contributed by atoms with Crippen LogP contribution in [0.1, 0.15) is 29.6 Å². The fraction of sp³-hybridized carbons (Fsp3) is 0.650. The third kappa shape index (κ3) is 5.46. The molecule has 3 heterocycles. The van der Waals surface area contributed by atoms with E-state index in [9.17, 15) is 21.6 Å². The van der Waals surface area contributed by atoms with Crippen LogP contribution in [0, 0.1) is 0 Å². The van der Waals surface area contributed by atoms with Crippen molar-refractivity contribution in [2.45, 2.75) is 36.3 Å². The van der Waals surface area contributed by atoms with Crippen LogP contribution in [0.4, 0.5) is 0 Å². The molecule has 0 bridgehead atoms. The van der Waals surface area contributed by atoms with Crippen molar-refractivity contribution >= 4 is 25.8 Å². The molecule has 31 heavy (non-hydrogen) atoms. The van der Waals surface area contributed by atoms with Crippen molar-refractivity contribution in [1.82, 2.24) is 14.5 Å². The molecule has 0 aromatic heterocycles. The predicted molar refractivity (Wildman–Crippen MR) is 115 cm³/mol. The average molecular weight is 472 g/mol. The minimum Gasteiger partial charge on any atom is -0.377 e. The van der Waals surface area contributed by atoms with E-state index < -0.39 is 19.9 Å². The molecular formula is C20H29N3O6S2. The Labute approximate surface area is 183 Å². The summed E-state index contributed by atoms with van der Waals surface area (Å²) < 4.78 is 56.7. The number of rotatable bonds is 6. The Morgan fingerprint density at radius 3 is 2.58 bits per heavy atom. The molecule has 1 N–H and O–H groups in total. The van der Waals surface area contributed by atoms with Gasteiger partial charge in [0.15, 0.2) is 9.84 Å². The number of sulfonamides is 1. The van der Waals surface area contributed by atoms with Gasteiger partial charge in [-0.05, 0) is 37.5 Å². The van der Waals surface area contributed by atoms with Crippen LogP contribution in [0.25, 0.3) is 0 Å². The Bertz CT molecular complexity index is 1010. The number of carbonyl (C=O) groups is 1. The molecule has 0 spiro atoms. The lowest BCUT2D eigenvalue weighted by Gasteiger charge is -2.37. The second-order valence-corrected chi connectivity index (χ2v) is 12.4. The summed E-state index contributed by atoms with van der Waals surface area (Å²) in [5, 5.41) is 0. The third-order valence-electron chi connectivity index (χ3n) is 6.24. The lowest BCUT2D eigenvalue weighted by Crippen LogP contribution is -2.52. The van der Waals surface area contributed by atoms with E-state index >= 15 is 0 Å². The molecule has 0 radical (unpaired) electrons. The van der Waals surface area contributed by atoms with Gasteiger partial charge in [0.2, 0.25) is 10.0 Å². The minimum atomic E-state index is -3.73. The molecule has 172 valence electrons. The largest absolute Gasteiger partial charge is 0.377 e. The van der Waals surface area contributed by atoms with Gasteiger partial charge in [-0.3, -0.25) is 9.69 Å². The highest BCUT2D eigenvalue weighted by molar-refractivity contribution is 7.91. The van der Waals surface area contributed by atoms with Crippen LogP contribution in [0.15, 0.2) is 29.2 Å². The maximum atomic E-state index is 13.0. The van der Waals surface area contributed by atoms with Crippen LogP contribution in [0.2, 0.25) is 0 Å². The van der Waals surface area contributed by atoms with Gasteiger partial charge in [-0.15, -0.1) is 0 Å². The number of ether oxygens (including phenoxy) is 1. The van der Waals surface area contributed by atoms with Gasteiger partial charge in [-0.25, -0.2) is 21.6 Å². The van der Waals surface area contributed by atoms with E-state index in [1.54, 1.807) is 17.0 Å². The van der Waals surface area contributed by atoms with Gasteiger partial charge in [0.25, 0.3) is 5.91 Å². The Morgan fingerprint density at radius 1 is 1.16 bits per heavy atom. The van der Waals surface area contributed by atoms with Crippen molar-refractivity contribution in [3.05, 3.63) is 29.8 Å². The van der Waals surface area contributed by atoms with Crippen molar-refractivity contribution in [3.8, 4) is 0 Å². The molecule has 11 heteroatoms. The zero-order valence-electron chi connectivity index (χ0n) is 17.4. The first-order valence-corrected chi connectivity index (χ1v) is 14.0. The number of sulfone groups is 1. The summed E-state index contributed by atoms with van der Waals surface area (Å²) in [6.07, 6.45) is 2.31. The van der Waals surface area contributed by atoms with Gasteiger partial charge in [-0.1, -0.05) is 6.07 Å². The maximum Gasteiger partial charge on any atom is 0.253 e. The molecule has 0 unspecified atom stereocenters. The standard InChI is InChI=1S/C20H29N3O6S2/c24-20(23-9-7-22(8-10-23)17-6-12-30(25,26)15-17)16-3-1-5-19(13-16)31(27,28)21-14-18-4-2-11-29-18/h1,3,5,13,17-18,21H,2,4,6-12,14-15H2/t17-,18+/m0/s1. The average Bonchev–Trinajstić information content (AvgIpc) is 3.41.